The Morgan fingerprint density at radius 3 is 2.14 bits per heavy atom. The average Bonchev–Trinajstić information content (AvgIpc) is 3.16. The van der Waals surface area contributed by atoms with Crippen LogP contribution in [-0.4, -0.2) is 33.1 Å². The molecule has 9 heteroatoms. The fourth-order valence-electron chi connectivity index (χ4n) is 2.73. The second-order valence-electron chi connectivity index (χ2n) is 6.37. The summed E-state index contributed by atoms with van der Waals surface area (Å²) in [5, 5.41) is 0. The summed E-state index contributed by atoms with van der Waals surface area (Å²) in [4.78, 5) is 7.55. The molecular weight excluding hydrogens is 398 g/mol. The molecule has 0 saturated carbocycles. The van der Waals surface area contributed by atoms with Crippen molar-refractivity contribution in [1.29, 1.82) is 0 Å². The van der Waals surface area contributed by atoms with E-state index in [9.17, 15) is 16.8 Å². The molecule has 2 N–H and O–H groups in total. The van der Waals surface area contributed by atoms with E-state index in [1.807, 2.05) is 37.3 Å². The molecular formula is C19H21N3O4S2. The van der Waals surface area contributed by atoms with E-state index >= 15 is 0 Å². The molecule has 0 aliphatic heterocycles. The number of hydrogen-bond donors (Lipinski definition) is 2. The Balaban J connectivity index is 1.83. The number of nitrogens with zero attached hydrogens (tertiary/aromatic N) is 1. The van der Waals surface area contributed by atoms with E-state index in [1.165, 1.54) is 24.3 Å². The molecule has 3 aromatic rings. The molecule has 7 nitrogen and oxygen atoms in total. The average molecular weight is 420 g/mol. The summed E-state index contributed by atoms with van der Waals surface area (Å²) < 4.78 is 51.1. The Bertz CT molecular complexity index is 1150. The zero-order valence-electron chi connectivity index (χ0n) is 15.5. The molecule has 148 valence electrons. The van der Waals surface area contributed by atoms with Gasteiger partial charge in [-0.3, -0.25) is 0 Å². The van der Waals surface area contributed by atoms with Crippen molar-refractivity contribution in [3.8, 4) is 11.3 Å². The molecule has 28 heavy (non-hydrogen) atoms. The van der Waals surface area contributed by atoms with Crippen molar-refractivity contribution in [1.82, 2.24) is 14.7 Å². The molecule has 0 bridgehead atoms. The van der Waals surface area contributed by atoms with Crippen LogP contribution in [-0.2, 0) is 19.9 Å². The fraction of sp³-hybridized carbons (Fsp3) is 0.211. The molecule has 0 saturated heterocycles. The second kappa shape index (κ2) is 7.86. The summed E-state index contributed by atoms with van der Waals surface area (Å²) in [6.07, 6.45) is 3.23. The van der Waals surface area contributed by atoms with Gasteiger partial charge >= 0.3 is 0 Å². The van der Waals surface area contributed by atoms with Gasteiger partial charge in [-0.15, -0.1) is 0 Å². The first-order chi connectivity index (χ1) is 13.2. The third-order valence-corrected chi connectivity index (χ3v) is 6.89. The maximum atomic E-state index is 12.7. The van der Waals surface area contributed by atoms with E-state index in [1.54, 1.807) is 6.20 Å². The number of aromatic nitrogens is 2. The number of rotatable bonds is 7. The standard InChI is InChI=1S/C19H21N3O4S2/c1-3-17(19-20-13-18(21-19)14-7-5-4-6-8-14)22-28(25,26)16-11-9-15(10-12-16)27(2,23)24/h4-13,17,22H,3H2,1-2H3,(H,20,21). The zero-order valence-corrected chi connectivity index (χ0v) is 17.1. The number of aromatic amines is 1. The van der Waals surface area contributed by atoms with Crippen LogP contribution < -0.4 is 4.72 Å². The molecule has 0 radical (unpaired) electrons. The van der Waals surface area contributed by atoms with Gasteiger partial charge in [-0.05, 0) is 36.2 Å². The van der Waals surface area contributed by atoms with Gasteiger partial charge in [0.1, 0.15) is 5.82 Å². The van der Waals surface area contributed by atoms with Crippen LogP contribution >= 0.6 is 0 Å². The lowest BCUT2D eigenvalue weighted by atomic mass is 10.2. The lowest BCUT2D eigenvalue weighted by Gasteiger charge is -2.15. The largest absolute Gasteiger partial charge is 0.341 e. The summed E-state index contributed by atoms with van der Waals surface area (Å²) in [6, 6.07) is 14.2. The van der Waals surface area contributed by atoms with Crippen molar-refractivity contribution in [3.63, 3.8) is 0 Å². The van der Waals surface area contributed by atoms with Gasteiger partial charge in [0.25, 0.3) is 0 Å². The number of sulfone groups is 1. The van der Waals surface area contributed by atoms with Crippen LogP contribution in [0.25, 0.3) is 11.3 Å². The van der Waals surface area contributed by atoms with Crippen molar-refractivity contribution in [2.24, 2.45) is 0 Å². The molecule has 0 fully saturated rings. The Labute approximate surface area is 164 Å². The number of H-pyrrole nitrogens is 1. The van der Waals surface area contributed by atoms with Gasteiger partial charge in [0.05, 0.1) is 27.7 Å². The molecule has 2 aromatic carbocycles. The van der Waals surface area contributed by atoms with Crippen molar-refractivity contribution in [3.05, 3.63) is 66.6 Å². The molecule has 1 heterocycles. The van der Waals surface area contributed by atoms with E-state index in [-0.39, 0.29) is 9.79 Å². The summed E-state index contributed by atoms with van der Waals surface area (Å²) in [6.45, 7) is 1.85. The number of sulfonamides is 1. The van der Waals surface area contributed by atoms with E-state index < -0.39 is 25.9 Å². The minimum absolute atomic E-state index is 0.00631. The number of imidazole rings is 1. The summed E-state index contributed by atoms with van der Waals surface area (Å²) in [5.74, 6) is 0.512. The van der Waals surface area contributed by atoms with Gasteiger partial charge in [0, 0.05) is 6.26 Å². The minimum atomic E-state index is -3.84. The Kier molecular flexibility index (Phi) is 5.69. The van der Waals surface area contributed by atoms with Crippen molar-refractivity contribution in [2.45, 2.75) is 29.2 Å². The SMILES string of the molecule is CCC(NS(=O)(=O)c1ccc(S(C)(=O)=O)cc1)c1ncc(-c2ccccc2)[nH]1. The maximum absolute atomic E-state index is 12.7. The van der Waals surface area contributed by atoms with E-state index in [4.69, 9.17) is 0 Å². The normalized spacial score (nSPS) is 13.4. The minimum Gasteiger partial charge on any atom is -0.341 e. The molecule has 0 aliphatic carbocycles. The molecule has 0 aliphatic rings. The predicted octanol–water partition coefficient (Wildman–Crippen LogP) is 2.91. The number of nitrogens with one attached hydrogen (secondary N) is 2. The van der Waals surface area contributed by atoms with Crippen LogP contribution in [0.2, 0.25) is 0 Å². The number of benzene rings is 2. The second-order valence-corrected chi connectivity index (χ2v) is 10.1. The van der Waals surface area contributed by atoms with Crippen LogP contribution in [0.4, 0.5) is 0 Å². The molecule has 0 amide bonds. The van der Waals surface area contributed by atoms with Crippen LogP contribution in [0.5, 0.6) is 0 Å². The van der Waals surface area contributed by atoms with Gasteiger partial charge in [0.2, 0.25) is 10.0 Å². The maximum Gasteiger partial charge on any atom is 0.241 e. The van der Waals surface area contributed by atoms with Crippen LogP contribution in [0.3, 0.4) is 0 Å². The topological polar surface area (TPSA) is 109 Å². The lowest BCUT2D eigenvalue weighted by molar-refractivity contribution is 0.539. The molecule has 1 atom stereocenters. The highest BCUT2D eigenvalue weighted by atomic mass is 32.2. The third-order valence-electron chi connectivity index (χ3n) is 4.28. The van der Waals surface area contributed by atoms with Crippen LogP contribution in [0.1, 0.15) is 25.2 Å². The van der Waals surface area contributed by atoms with Gasteiger partial charge < -0.3 is 4.98 Å². The first-order valence-corrected chi connectivity index (χ1v) is 12.0. The van der Waals surface area contributed by atoms with Crippen LogP contribution in [0.15, 0.2) is 70.6 Å². The van der Waals surface area contributed by atoms with E-state index in [0.717, 1.165) is 17.5 Å². The van der Waals surface area contributed by atoms with Crippen molar-refractivity contribution in [2.75, 3.05) is 6.26 Å². The smallest absolute Gasteiger partial charge is 0.241 e. The molecule has 3 rings (SSSR count). The first-order valence-electron chi connectivity index (χ1n) is 8.63. The highest BCUT2D eigenvalue weighted by Gasteiger charge is 2.23. The van der Waals surface area contributed by atoms with Gasteiger partial charge in [-0.1, -0.05) is 37.3 Å². The monoisotopic (exact) mass is 419 g/mol. The van der Waals surface area contributed by atoms with Gasteiger partial charge in [-0.25, -0.2) is 26.5 Å². The summed E-state index contributed by atoms with van der Waals surface area (Å²) >= 11 is 0. The Morgan fingerprint density at radius 2 is 1.57 bits per heavy atom. The quantitative estimate of drug-likeness (QED) is 0.612. The molecule has 0 spiro atoms. The first kappa shape index (κ1) is 20.2. The zero-order chi connectivity index (χ0) is 20.4. The molecule has 1 unspecified atom stereocenters. The Morgan fingerprint density at radius 1 is 0.964 bits per heavy atom. The number of hydrogen-bond acceptors (Lipinski definition) is 5. The Hall–Kier alpha value is -2.49. The summed E-state index contributed by atoms with van der Waals surface area (Å²) in [7, 11) is -7.23. The van der Waals surface area contributed by atoms with Gasteiger partial charge in [-0.2, -0.15) is 0 Å². The summed E-state index contributed by atoms with van der Waals surface area (Å²) in [5.41, 5.74) is 1.75. The van der Waals surface area contributed by atoms with Crippen molar-refractivity contribution >= 4 is 19.9 Å². The van der Waals surface area contributed by atoms with E-state index in [0.29, 0.717) is 12.2 Å². The highest BCUT2D eigenvalue weighted by Crippen LogP contribution is 2.23. The third kappa shape index (κ3) is 4.49. The lowest BCUT2D eigenvalue weighted by Crippen LogP contribution is -2.29. The van der Waals surface area contributed by atoms with E-state index in [2.05, 4.69) is 14.7 Å². The molecule has 1 aromatic heterocycles. The highest BCUT2D eigenvalue weighted by molar-refractivity contribution is 7.90. The van der Waals surface area contributed by atoms with Crippen LogP contribution in [0, 0.1) is 0 Å². The predicted molar refractivity (Wildman–Crippen MR) is 107 cm³/mol. The van der Waals surface area contributed by atoms with Crippen molar-refractivity contribution < 1.29 is 16.8 Å². The fourth-order valence-corrected chi connectivity index (χ4v) is 4.65. The van der Waals surface area contributed by atoms with Gasteiger partial charge in [0.15, 0.2) is 9.84 Å².